The Kier molecular flexibility index (Phi) is 3.91. The molecule has 18 heavy (non-hydrogen) atoms. The summed E-state index contributed by atoms with van der Waals surface area (Å²) < 4.78 is 5.66. The summed E-state index contributed by atoms with van der Waals surface area (Å²) in [6.45, 7) is 2.63. The van der Waals surface area contributed by atoms with Crippen LogP contribution < -0.4 is 0 Å². The van der Waals surface area contributed by atoms with Gasteiger partial charge in [-0.3, -0.25) is 4.79 Å². The molecule has 0 radical (unpaired) electrons. The number of thioether (sulfide) groups is 1. The van der Waals surface area contributed by atoms with Crippen LogP contribution in [0.3, 0.4) is 0 Å². The van der Waals surface area contributed by atoms with E-state index in [1.54, 1.807) is 11.3 Å². The molecule has 1 amide bonds. The fourth-order valence-corrected chi connectivity index (χ4v) is 4.33. The summed E-state index contributed by atoms with van der Waals surface area (Å²) >= 11 is 3.54. The molecule has 3 nitrogen and oxygen atoms in total. The second-order valence-electron chi connectivity index (χ2n) is 4.61. The van der Waals surface area contributed by atoms with Gasteiger partial charge in [-0.25, -0.2) is 0 Å². The first-order chi connectivity index (χ1) is 8.84. The third-order valence-electron chi connectivity index (χ3n) is 3.38. The molecule has 2 aliphatic heterocycles. The van der Waals surface area contributed by atoms with Crippen molar-refractivity contribution in [3.05, 3.63) is 21.9 Å². The molecule has 1 atom stereocenters. The lowest BCUT2D eigenvalue weighted by Crippen LogP contribution is -2.37. The molecule has 0 unspecified atom stereocenters. The summed E-state index contributed by atoms with van der Waals surface area (Å²) in [5, 5.41) is 0. The van der Waals surface area contributed by atoms with Crippen LogP contribution in [0.2, 0.25) is 0 Å². The number of carbonyl (C=O) groups is 1. The number of hydrogen-bond acceptors (Lipinski definition) is 4. The van der Waals surface area contributed by atoms with E-state index in [1.165, 1.54) is 4.88 Å². The minimum absolute atomic E-state index is 0.199. The smallest absolute Gasteiger partial charge is 0.263 e. The maximum atomic E-state index is 12.3. The fourth-order valence-electron chi connectivity index (χ4n) is 2.37. The molecule has 2 fully saturated rings. The van der Waals surface area contributed by atoms with Gasteiger partial charge in [0.2, 0.25) is 0 Å². The molecule has 3 rings (SSSR count). The Balaban J connectivity index is 1.69. The topological polar surface area (TPSA) is 29.5 Å². The summed E-state index contributed by atoms with van der Waals surface area (Å²) in [6, 6.07) is 4.03. The molecule has 0 saturated carbocycles. The molecule has 3 heterocycles. The molecule has 2 aliphatic rings. The minimum atomic E-state index is 0.199. The van der Waals surface area contributed by atoms with E-state index in [-0.39, 0.29) is 12.0 Å². The van der Waals surface area contributed by atoms with Gasteiger partial charge < -0.3 is 9.64 Å². The molecule has 0 spiro atoms. The van der Waals surface area contributed by atoms with Crippen molar-refractivity contribution >= 4 is 29.0 Å². The third kappa shape index (κ3) is 2.58. The summed E-state index contributed by atoms with van der Waals surface area (Å²) in [7, 11) is 0. The molecular weight excluding hydrogens is 266 g/mol. The first kappa shape index (κ1) is 12.5. The van der Waals surface area contributed by atoms with Gasteiger partial charge in [-0.15, -0.1) is 11.3 Å². The van der Waals surface area contributed by atoms with E-state index in [4.69, 9.17) is 4.74 Å². The molecule has 0 aromatic carbocycles. The van der Waals surface area contributed by atoms with Gasteiger partial charge in [0.05, 0.1) is 11.0 Å². The molecule has 98 valence electrons. The van der Waals surface area contributed by atoms with Crippen molar-refractivity contribution in [1.82, 2.24) is 4.90 Å². The third-order valence-corrected chi connectivity index (χ3v) is 5.49. The number of rotatable bonds is 2. The number of nitrogens with zero attached hydrogens (tertiary/aromatic N) is 1. The summed E-state index contributed by atoms with van der Waals surface area (Å²) in [5.74, 6) is 2.33. The number of carbonyl (C=O) groups excluding carboxylic acids is 1. The zero-order valence-electron chi connectivity index (χ0n) is 10.3. The van der Waals surface area contributed by atoms with Gasteiger partial charge in [-0.2, -0.15) is 11.8 Å². The number of hydrogen-bond donors (Lipinski definition) is 0. The minimum Gasteiger partial charge on any atom is -0.373 e. The summed E-state index contributed by atoms with van der Waals surface area (Å²) in [6.07, 6.45) is 2.46. The molecule has 2 saturated heterocycles. The van der Waals surface area contributed by atoms with Crippen molar-refractivity contribution in [2.45, 2.75) is 18.9 Å². The van der Waals surface area contributed by atoms with Crippen molar-refractivity contribution in [2.75, 3.05) is 31.2 Å². The highest BCUT2D eigenvalue weighted by molar-refractivity contribution is 7.99. The lowest BCUT2D eigenvalue weighted by Gasteiger charge is -2.25. The zero-order chi connectivity index (χ0) is 12.4. The standard InChI is InChI=1S/C13H17NO2S2/c15-13(14-5-8-17-9-6-14)12-4-3-11(18-12)10-2-1-7-16-10/h3-4,10H,1-2,5-9H2/t10-/m0/s1. The van der Waals surface area contributed by atoms with Gasteiger partial charge in [-0.05, 0) is 25.0 Å². The molecule has 0 aliphatic carbocycles. The van der Waals surface area contributed by atoms with Crippen LogP contribution in [0.5, 0.6) is 0 Å². The molecule has 1 aromatic heterocycles. The SMILES string of the molecule is O=C(c1ccc([C@@H]2CCCO2)s1)N1CCSCC1. The normalized spacial score (nSPS) is 24.4. The Labute approximate surface area is 116 Å². The lowest BCUT2D eigenvalue weighted by atomic mass is 10.2. The highest BCUT2D eigenvalue weighted by Crippen LogP contribution is 2.33. The van der Waals surface area contributed by atoms with Crippen LogP contribution in [0.25, 0.3) is 0 Å². The van der Waals surface area contributed by atoms with Gasteiger partial charge in [0.25, 0.3) is 5.91 Å². The van der Waals surface area contributed by atoms with Crippen LogP contribution in [-0.2, 0) is 4.74 Å². The van der Waals surface area contributed by atoms with Crippen LogP contribution in [0.15, 0.2) is 12.1 Å². The Bertz CT molecular complexity index is 420. The predicted octanol–water partition coefficient (Wildman–Crippen LogP) is 2.79. The largest absolute Gasteiger partial charge is 0.373 e. The first-order valence-corrected chi connectivity index (χ1v) is 8.40. The Morgan fingerprint density at radius 1 is 1.33 bits per heavy atom. The van der Waals surface area contributed by atoms with E-state index in [0.29, 0.717) is 0 Å². The average molecular weight is 283 g/mol. The van der Waals surface area contributed by atoms with Gasteiger partial charge >= 0.3 is 0 Å². The molecule has 0 N–H and O–H groups in total. The quantitative estimate of drug-likeness (QED) is 0.836. The van der Waals surface area contributed by atoms with Crippen LogP contribution in [0.1, 0.15) is 33.5 Å². The number of thiophene rings is 1. The fraction of sp³-hybridized carbons (Fsp3) is 0.615. The highest BCUT2D eigenvalue weighted by atomic mass is 32.2. The van der Waals surface area contributed by atoms with Crippen molar-refractivity contribution < 1.29 is 9.53 Å². The van der Waals surface area contributed by atoms with E-state index in [1.807, 2.05) is 22.7 Å². The van der Waals surface area contributed by atoms with E-state index < -0.39 is 0 Å². The van der Waals surface area contributed by atoms with E-state index >= 15 is 0 Å². The van der Waals surface area contributed by atoms with Crippen molar-refractivity contribution in [3.8, 4) is 0 Å². The van der Waals surface area contributed by atoms with Gasteiger partial charge in [0.15, 0.2) is 0 Å². The van der Waals surface area contributed by atoms with Gasteiger partial charge in [0, 0.05) is 36.1 Å². The second kappa shape index (κ2) is 5.63. The van der Waals surface area contributed by atoms with E-state index in [0.717, 1.165) is 48.9 Å². The molecule has 0 bridgehead atoms. The van der Waals surface area contributed by atoms with Crippen LogP contribution >= 0.6 is 23.1 Å². The highest BCUT2D eigenvalue weighted by Gasteiger charge is 2.23. The van der Waals surface area contributed by atoms with E-state index in [9.17, 15) is 4.79 Å². The molecular formula is C13H17NO2S2. The van der Waals surface area contributed by atoms with Crippen molar-refractivity contribution in [3.63, 3.8) is 0 Å². The molecule has 1 aromatic rings. The van der Waals surface area contributed by atoms with Crippen LogP contribution in [0.4, 0.5) is 0 Å². The van der Waals surface area contributed by atoms with Gasteiger partial charge in [-0.1, -0.05) is 0 Å². The van der Waals surface area contributed by atoms with Crippen LogP contribution in [0, 0.1) is 0 Å². The maximum absolute atomic E-state index is 12.3. The van der Waals surface area contributed by atoms with Gasteiger partial charge in [0.1, 0.15) is 0 Å². The van der Waals surface area contributed by atoms with Crippen molar-refractivity contribution in [1.29, 1.82) is 0 Å². The lowest BCUT2D eigenvalue weighted by molar-refractivity contribution is 0.0777. The number of amides is 1. The maximum Gasteiger partial charge on any atom is 0.263 e. The number of ether oxygens (including phenoxy) is 1. The predicted molar refractivity (Wildman–Crippen MR) is 75.5 cm³/mol. The summed E-state index contributed by atoms with van der Waals surface area (Å²) in [4.78, 5) is 16.4. The Hall–Kier alpha value is -0.520. The Morgan fingerprint density at radius 2 is 2.17 bits per heavy atom. The second-order valence-corrected chi connectivity index (χ2v) is 6.95. The van der Waals surface area contributed by atoms with Crippen LogP contribution in [-0.4, -0.2) is 42.0 Å². The zero-order valence-corrected chi connectivity index (χ0v) is 11.9. The van der Waals surface area contributed by atoms with Crippen molar-refractivity contribution in [2.24, 2.45) is 0 Å². The average Bonchev–Trinajstić information content (AvgIpc) is 3.09. The van der Waals surface area contributed by atoms with E-state index in [2.05, 4.69) is 6.07 Å². The monoisotopic (exact) mass is 283 g/mol. The Morgan fingerprint density at radius 3 is 2.89 bits per heavy atom. The molecule has 5 heteroatoms. The summed E-state index contributed by atoms with van der Waals surface area (Å²) in [5.41, 5.74) is 0. The first-order valence-electron chi connectivity index (χ1n) is 6.43.